The van der Waals surface area contributed by atoms with Crippen LogP contribution in [0.5, 0.6) is 0 Å². The summed E-state index contributed by atoms with van der Waals surface area (Å²) in [6, 6.07) is 5.64. The van der Waals surface area contributed by atoms with Crippen LogP contribution in [0.25, 0.3) is 0 Å². The second kappa shape index (κ2) is 5.15. The van der Waals surface area contributed by atoms with Crippen LogP contribution in [0.3, 0.4) is 0 Å². The largest absolute Gasteiger partial charge is 0.380 e. The summed E-state index contributed by atoms with van der Waals surface area (Å²) in [6.45, 7) is 8.30. The number of benzene rings is 1. The van der Waals surface area contributed by atoms with Crippen LogP contribution in [-0.2, 0) is 0 Å². The molecule has 84 valence electrons. The zero-order valence-corrected chi connectivity index (χ0v) is 9.97. The molecule has 2 heteroatoms. The van der Waals surface area contributed by atoms with Gasteiger partial charge in [-0.1, -0.05) is 26.8 Å². The summed E-state index contributed by atoms with van der Waals surface area (Å²) in [5.41, 5.74) is 1.57. The average Bonchev–Trinajstić information content (AvgIpc) is 2.16. The highest BCUT2D eigenvalue weighted by molar-refractivity contribution is 5.47. The van der Waals surface area contributed by atoms with E-state index in [4.69, 9.17) is 0 Å². The Morgan fingerprint density at radius 1 is 1.33 bits per heavy atom. The predicted molar refractivity (Wildman–Crippen MR) is 63.7 cm³/mol. The molecule has 1 unspecified atom stereocenters. The van der Waals surface area contributed by atoms with Crippen molar-refractivity contribution in [3.05, 3.63) is 29.6 Å². The third-order valence-corrected chi connectivity index (χ3v) is 2.71. The topological polar surface area (TPSA) is 12.0 Å². The minimum Gasteiger partial charge on any atom is -0.380 e. The SMILES string of the molecule is CCC(Nc1ccc(C)cc1F)C(C)C. The molecule has 1 aromatic carbocycles. The van der Waals surface area contributed by atoms with Crippen molar-refractivity contribution in [3.63, 3.8) is 0 Å². The zero-order chi connectivity index (χ0) is 11.4. The number of hydrogen-bond acceptors (Lipinski definition) is 1. The molecule has 1 atom stereocenters. The lowest BCUT2D eigenvalue weighted by molar-refractivity contribution is 0.507. The maximum absolute atomic E-state index is 13.5. The Balaban J connectivity index is 2.79. The van der Waals surface area contributed by atoms with Gasteiger partial charge in [-0.2, -0.15) is 0 Å². The van der Waals surface area contributed by atoms with Gasteiger partial charge in [-0.25, -0.2) is 4.39 Å². The lowest BCUT2D eigenvalue weighted by Gasteiger charge is -2.22. The molecule has 0 saturated carbocycles. The van der Waals surface area contributed by atoms with Gasteiger partial charge in [-0.15, -0.1) is 0 Å². The molecular weight excluding hydrogens is 189 g/mol. The van der Waals surface area contributed by atoms with Crippen LogP contribution < -0.4 is 5.32 Å². The van der Waals surface area contributed by atoms with E-state index in [9.17, 15) is 4.39 Å². The summed E-state index contributed by atoms with van der Waals surface area (Å²) < 4.78 is 13.5. The first-order valence-corrected chi connectivity index (χ1v) is 5.57. The van der Waals surface area contributed by atoms with Gasteiger partial charge in [0.25, 0.3) is 0 Å². The zero-order valence-electron chi connectivity index (χ0n) is 9.97. The van der Waals surface area contributed by atoms with Crippen LogP contribution in [0.2, 0.25) is 0 Å². The molecule has 0 aliphatic carbocycles. The second-order valence-corrected chi connectivity index (χ2v) is 4.39. The van der Waals surface area contributed by atoms with E-state index in [1.165, 1.54) is 0 Å². The van der Waals surface area contributed by atoms with Crippen LogP contribution >= 0.6 is 0 Å². The molecule has 0 heterocycles. The van der Waals surface area contributed by atoms with E-state index in [-0.39, 0.29) is 5.82 Å². The van der Waals surface area contributed by atoms with Crippen LogP contribution in [0, 0.1) is 18.7 Å². The Morgan fingerprint density at radius 3 is 2.47 bits per heavy atom. The Hall–Kier alpha value is -1.05. The summed E-state index contributed by atoms with van der Waals surface area (Å²) in [6.07, 6.45) is 1.00. The minimum atomic E-state index is -0.158. The normalized spacial score (nSPS) is 12.9. The van der Waals surface area contributed by atoms with Gasteiger partial charge in [0.2, 0.25) is 0 Å². The summed E-state index contributed by atoms with van der Waals surface area (Å²) in [7, 11) is 0. The van der Waals surface area contributed by atoms with Crippen molar-refractivity contribution in [3.8, 4) is 0 Å². The van der Waals surface area contributed by atoms with E-state index in [2.05, 4.69) is 26.1 Å². The van der Waals surface area contributed by atoms with Crippen molar-refractivity contribution in [1.82, 2.24) is 0 Å². The maximum atomic E-state index is 13.5. The van der Waals surface area contributed by atoms with Crippen molar-refractivity contribution in [2.24, 2.45) is 5.92 Å². The number of halogens is 1. The predicted octanol–water partition coefficient (Wildman–Crippen LogP) is 3.98. The van der Waals surface area contributed by atoms with E-state index in [1.54, 1.807) is 6.07 Å². The fraction of sp³-hybridized carbons (Fsp3) is 0.538. The number of rotatable bonds is 4. The molecule has 1 N–H and O–H groups in total. The first-order valence-electron chi connectivity index (χ1n) is 5.57. The number of anilines is 1. The monoisotopic (exact) mass is 209 g/mol. The third kappa shape index (κ3) is 3.22. The second-order valence-electron chi connectivity index (χ2n) is 4.39. The smallest absolute Gasteiger partial charge is 0.146 e. The van der Waals surface area contributed by atoms with E-state index in [0.29, 0.717) is 17.6 Å². The molecule has 0 saturated heterocycles. The van der Waals surface area contributed by atoms with Crippen LogP contribution in [0.1, 0.15) is 32.8 Å². The molecule has 0 aliphatic heterocycles. The first kappa shape index (κ1) is 12.0. The Morgan fingerprint density at radius 2 is 2.00 bits per heavy atom. The van der Waals surface area contributed by atoms with Gasteiger partial charge in [0.15, 0.2) is 0 Å². The quantitative estimate of drug-likeness (QED) is 0.791. The Bertz CT molecular complexity index is 320. The number of aryl methyl sites for hydroxylation is 1. The highest BCUT2D eigenvalue weighted by Gasteiger charge is 2.12. The van der Waals surface area contributed by atoms with Crippen LogP contribution in [0.4, 0.5) is 10.1 Å². The van der Waals surface area contributed by atoms with Gasteiger partial charge in [0.1, 0.15) is 5.82 Å². The van der Waals surface area contributed by atoms with Crippen LogP contribution in [-0.4, -0.2) is 6.04 Å². The van der Waals surface area contributed by atoms with E-state index >= 15 is 0 Å². The Labute approximate surface area is 91.7 Å². The van der Waals surface area contributed by atoms with Gasteiger partial charge in [0.05, 0.1) is 5.69 Å². The molecular formula is C13H20FN. The van der Waals surface area contributed by atoms with Gasteiger partial charge in [-0.05, 0) is 37.0 Å². The molecule has 0 aliphatic rings. The molecule has 0 bridgehead atoms. The standard InChI is InChI=1S/C13H20FN/c1-5-12(9(2)3)15-13-7-6-10(4)8-11(13)14/h6-9,12,15H,5H2,1-4H3. The fourth-order valence-electron chi connectivity index (χ4n) is 1.68. The van der Waals surface area contributed by atoms with E-state index in [1.807, 2.05) is 19.1 Å². The van der Waals surface area contributed by atoms with Gasteiger partial charge < -0.3 is 5.32 Å². The first-order chi connectivity index (χ1) is 7.04. The minimum absolute atomic E-state index is 0.158. The molecule has 1 aromatic rings. The molecule has 0 amide bonds. The van der Waals surface area contributed by atoms with Gasteiger partial charge >= 0.3 is 0 Å². The van der Waals surface area contributed by atoms with Crippen molar-refractivity contribution in [2.75, 3.05) is 5.32 Å². The molecule has 1 rings (SSSR count). The molecule has 15 heavy (non-hydrogen) atoms. The lowest BCUT2D eigenvalue weighted by Crippen LogP contribution is -2.25. The van der Waals surface area contributed by atoms with Crippen molar-refractivity contribution < 1.29 is 4.39 Å². The van der Waals surface area contributed by atoms with E-state index in [0.717, 1.165) is 12.0 Å². The molecule has 0 fully saturated rings. The average molecular weight is 209 g/mol. The van der Waals surface area contributed by atoms with Gasteiger partial charge in [0, 0.05) is 6.04 Å². The highest BCUT2D eigenvalue weighted by atomic mass is 19.1. The third-order valence-electron chi connectivity index (χ3n) is 2.71. The number of nitrogens with one attached hydrogen (secondary N) is 1. The summed E-state index contributed by atoms with van der Waals surface area (Å²) in [5.74, 6) is 0.352. The maximum Gasteiger partial charge on any atom is 0.146 e. The molecule has 1 nitrogen and oxygen atoms in total. The summed E-state index contributed by atoms with van der Waals surface area (Å²) >= 11 is 0. The van der Waals surface area contributed by atoms with Crippen molar-refractivity contribution in [2.45, 2.75) is 40.2 Å². The molecule has 0 radical (unpaired) electrons. The van der Waals surface area contributed by atoms with E-state index < -0.39 is 0 Å². The highest BCUT2D eigenvalue weighted by Crippen LogP contribution is 2.19. The lowest BCUT2D eigenvalue weighted by atomic mass is 10.0. The fourth-order valence-corrected chi connectivity index (χ4v) is 1.68. The van der Waals surface area contributed by atoms with Crippen molar-refractivity contribution >= 4 is 5.69 Å². The molecule has 0 aromatic heterocycles. The summed E-state index contributed by atoms with van der Waals surface area (Å²) in [5, 5.41) is 3.25. The summed E-state index contributed by atoms with van der Waals surface area (Å²) in [4.78, 5) is 0. The van der Waals surface area contributed by atoms with Crippen molar-refractivity contribution in [1.29, 1.82) is 0 Å². The van der Waals surface area contributed by atoms with Crippen LogP contribution in [0.15, 0.2) is 18.2 Å². The Kier molecular flexibility index (Phi) is 4.13. The van der Waals surface area contributed by atoms with Gasteiger partial charge in [-0.3, -0.25) is 0 Å². The number of hydrogen-bond donors (Lipinski definition) is 1. The molecule has 0 spiro atoms.